The molecule has 0 unspecified atom stereocenters. The van der Waals surface area contributed by atoms with Gasteiger partial charge in [-0.3, -0.25) is 4.79 Å². The number of benzene rings is 1. The zero-order valence-corrected chi connectivity index (χ0v) is 11.7. The highest BCUT2D eigenvalue weighted by Crippen LogP contribution is 2.18. The molecular weight excluding hydrogens is 242 g/mol. The van der Waals surface area contributed by atoms with Gasteiger partial charge < -0.3 is 10.1 Å². The van der Waals surface area contributed by atoms with Crippen molar-refractivity contribution in [2.45, 2.75) is 33.6 Å². The molecule has 19 heavy (non-hydrogen) atoms. The van der Waals surface area contributed by atoms with Crippen molar-refractivity contribution in [3.8, 4) is 0 Å². The normalized spacial score (nSPS) is 11.7. The van der Waals surface area contributed by atoms with Crippen molar-refractivity contribution < 1.29 is 14.3 Å². The largest absolute Gasteiger partial charge is 0.462 e. The van der Waals surface area contributed by atoms with Crippen molar-refractivity contribution in [3.05, 3.63) is 29.8 Å². The summed E-state index contributed by atoms with van der Waals surface area (Å²) in [4.78, 5) is 23.7. The fourth-order valence-corrected chi connectivity index (χ4v) is 1.80. The molecule has 1 aromatic carbocycles. The van der Waals surface area contributed by atoms with Gasteiger partial charge in [-0.15, -0.1) is 0 Å². The number of carbonyl (C=O) groups is 2. The van der Waals surface area contributed by atoms with Gasteiger partial charge in [0, 0.05) is 5.92 Å². The van der Waals surface area contributed by atoms with Crippen LogP contribution in [0.25, 0.3) is 0 Å². The van der Waals surface area contributed by atoms with Gasteiger partial charge in [-0.2, -0.15) is 0 Å². The Morgan fingerprint density at radius 2 is 1.95 bits per heavy atom. The molecule has 1 rings (SSSR count). The van der Waals surface area contributed by atoms with E-state index in [1.807, 2.05) is 13.8 Å². The zero-order chi connectivity index (χ0) is 14.3. The van der Waals surface area contributed by atoms with Crippen LogP contribution in [0.4, 0.5) is 5.69 Å². The van der Waals surface area contributed by atoms with Gasteiger partial charge >= 0.3 is 5.97 Å². The maximum absolute atomic E-state index is 12.0. The molecule has 0 saturated heterocycles. The topological polar surface area (TPSA) is 55.4 Å². The number of hydrogen-bond acceptors (Lipinski definition) is 3. The third-order valence-electron chi connectivity index (χ3n) is 2.85. The smallest absolute Gasteiger partial charge is 0.340 e. The highest BCUT2D eigenvalue weighted by atomic mass is 16.5. The molecule has 1 N–H and O–H groups in total. The maximum Gasteiger partial charge on any atom is 0.340 e. The van der Waals surface area contributed by atoms with Gasteiger partial charge in [0.2, 0.25) is 5.91 Å². The van der Waals surface area contributed by atoms with E-state index in [4.69, 9.17) is 4.74 Å². The first-order valence-corrected chi connectivity index (χ1v) is 6.67. The molecule has 0 aliphatic rings. The summed E-state index contributed by atoms with van der Waals surface area (Å²) < 4.78 is 4.97. The first kappa shape index (κ1) is 15.2. The number of nitrogens with one attached hydrogen (secondary N) is 1. The van der Waals surface area contributed by atoms with Crippen LogP contribution in [0.5, 0.6) is 0 Å². The van der Waals surface area contributed by atoms with Gasteiger partial charge in [-0.25, -0.2) is 4.79 Å². The van der Waals surface area contributed by atoms with Gasteiger partial charge in [0.05, 0.1) is 17.9 Å². The van der Waals surface area contributed by atoms with Gasteiger partial charge in [0.25, 0.3) is 0 Å². The van der Waals surface area contributed by atoms with Crippen LogP contribution in [0, 0.1) is 5.92 Å². The molecule has 1 aromatic rings. The molecule has 4 heteroatoms. The second kappa shape index (κ2) is 7.56. The van der Waals surface area contributed by atoms with Crippen molar-refractivity contribution in [3.63, 3.8) is 0 Å². The van der Waals surface area contributed by atoms with Crippen LogP contribution in [-0.4, -0.2) is 18.5 Å². The molecule has 0 aliphatic carbocycles. The summed E-state index contributed by atoms with van der Waals surface area (Å²) in [6, 6.07) is 6.89. The molecule has 0 spiro atoms. The number of esters is 1. The Morgan fingerprint density at radius 1 is 1.26 bits per heavy atom. The molecule has 4 nitrogen and oxygen atoms in total. The van der Waals surface area contributed by atoms with E-state index in [0.717, 1.165) is 12.8 Å². The quantitative estimate of drug-likeness (QED) is 0.802. The molecule has 0 radical (unpaired) electrons. The monoisotopic (exact) mass is 263 g/mol. The number of para-hydroxylation sites is 1. The number of ether oxygens (including phenoxy) is 1. The van der Waals surface area contributed by atoms with Crippen LogP contribution in [0.1, 0.15) is 44.0 Å². The highest BCUT2D eigenvalue weighted by molar-refractivity contribution is 6.01. The second-order valence-electron chi connectivity index (χ2n) is 4.45. The summed E-state index contributed by atoms with van der Waals surface area (Å²) in [5.41, 5.74) is 0.898. The van der Waals surface area contributed by atoms with Crippen molar-refractivity contribution >= 4 is 17.6 Å². The van der Waals surface area contributed by atoms with E-state index in [9.17, 15) is 9.59 Å². The number of amides is 1. The van der Waals surface area contributed by atoms with E-state index in [2.05, 4.69) is 5.32 Å². The van der Waals surface area contributed by atoms with Crippen molar-refractivity contribution in [2.24, 2.45) is 5.92 Å². The second-order valence-corrected chi connectivity index (χ2v) is 4.45. The fraction of sp³-hybridized carbons (Fsp3) is 0.467. The maximum atomic E-state index is 12.0. The minimum Gasteiger partial charge on any atom is -0.462 e. The lowest BCUT2D eigenvalue weighted by molar-refractivity contribution is -0.119. The Hall–Kier alpha value is -1.84. The summed E-state index contributed by atoms with van der Waals surface area (Å²) in [7, 11) is 0. The van der Waals surface area contributed by atoms with E-state index in [0.29, 0.717) is 17.9 Å². The predicted molar refractivity (Wildman–Crippen MR) is 75.1 cm³/mol. The van der Waals surface area contributed by atoms with Crippen LogP contribution in [0.15, 0.2) is 24.3 Å². The van der Waals surface area contributed by atoms with E-state index < -0.39 is 5.97 Å². The molecule has 104 valence electrons. The molecule has 0 fully saturated rings. The van der Waals surface area contributed by atoms with Gasteiger partial charge in [-0.1, -0.05) is 32.4 Å². The Balaban J connectivity index is 2.83. The molecular formula is C15H21NO3. The Morgan fingerprint density at radius 3 is 2.58 bits per heavy atom. The van der Waals surface area contributed by atoms with E-state index in [-0.39, 0.29) is 11.8 Å². The number of hydrogen-bond donors (Lipinski definition) is 1. The summed E-state index contributed by atoms with van der Waals surface area (Å²) in [5, 5.41) is 2.79. The Kier molecular flexibility index (Phi) is 6.06. The van der Waals surface area contributed by atoms with Crippen LogP contribution in [-0.2, 0) is 9.53 Å². The van der Waals surface area contributed by atoms with Crippen molar-refractivity contribution in [2.75, 3.05) is 11.9 Å². The van der Waals surface area contributed by atoms with Crippen LogP contribution in [0.2, 0.25) is 0 Å². The average molecular weight is 263 g/mol. The third-order valence-corrected chi connectivity index (χ3v) is 2.85. The molecule has 0 heterocycles. The fourth-order valence-electron chi connectivity index (χ4n) is 1.80. The zero-order valence-electron chi connectivity index (χ0n) is 11.7. The first-order valence-electron chi connectivity index (χ1n) is 6.67. The van der Waals surface area contributed by atoms with E-state index in [1.54, 1.807) is 31.2 Å². The minimum atomic E-state index is -0.415. The summed E-state index contributed by atoms with van der Waals surface area (Å²) in [5.74, 6) is -0.555. The standard InChI is InChI=1S/C15H21NO3/c1-4-8-11(3)14(17)16-13-10-7-6-9-12(13)15(18)19-5-2/h6-7,9-11H,4-5,8H2,1-3H3,(H,16,17)/t11-/m1/s1. The lowest BCUT2D eigenvalue weighted by Gasteiger charge is -2.13. The van der Waals surface area contributed by atoms with Gasteiger partial charge in [0.15, 0.2) is 0 Å². The van der Waals surface area contributed by atoms with Crippen LogP contribution in [0.3, 0.4) is 0 Å². The summed E-state index contributed by atoms with van der Waals surface area (Å²) in [6.07, 6.45) is 1.78. The predicted octanol–water partition coefficient (Wildman–Crippen LogP) is 3.24. The number of rotatable bonds is 6. The van der Waals surface area contributed by atoms with Gasteiger partial charge in [0.1, 0.15) is 0 Å². The van der Waals surface area contributed by atoms with Crippen molar-refractivity contribution in [1.29, 1.82) is 0 Å². The summed E-state index contributed by atoms with van der Waals surface area (Å²) in [6.45, 7) is 5.98. The lowest BCUT2D eigenvalue weighted by atomic mass is 10.0. The minimum absolute atomic E-state index is 0.0692. The molecule has 1 amide bonds. The third kappa shape index (κ3) is 4.39. The number of anilines is 1. The van der Waals surface area contributed by atoms with E-state index in [1.165, 1.54) is 0 Å². The molecule has 1 atom stereocenters. The average Bonchev–Trinajstić information content (AvgIpc) is 2.39. The van der Waals surface area contributed by atoms with E-state index >= 15 is 0 Å². The molecule has 0 bridgehead atoms. The number of carbonyl (C=O) groups excluding carboxylic acids is 2. The van der Waals surface area contributed by atoms with Crippen molar-refractivity contribution in [1.82, 2.24) is 0 Å². The van der Waals surface area contributed by atoms with Gasteiger partial charge in [-0.05, 0) is 25.5 Å². The SMILES string of the molecule is CCC[C@@H](C)C(=O)Nc1ccccc1C(=O)OCC. The van der Waals surface area contributed by atoms with Crippen LogP contribution >= 0.6 is 0 Å². The lowest BCUT2D eigenvalue weighted by Crippen LogP contribution is -2.22. The first-order chi connectivity index (χ1) is 9.10. The molecule has 0 saturated carbocycles. The molecule has 0 aromatic heterocycles. The highest BCUT2D eigenvalue weighted by Gasteiger charge is 2.16. The van der Waals surface area contributed by atoms with Crippen LogP contribution < -0.4 is 5.32 Å². The Bertz CT molecular complexity index is 443. The summed E-state index contributed by atoms with van der Waals surface area (Å²) >= 11 is 0. The molecule has 0 aliphatic heterocycles. The Labute approximate surface area is 114 Å².